The lowest BCUT2D eigenvalue weighted by molar-refractivity contribution is -0.165. The van der Waals surface area contributed by atoms with Gasteiger partial charge in [0.15, 0.2) is 23.7 Å². The summed E-state index contributed by atoms with van der Waals surface area (Å²) in [6.07, 6.45) is -2.08. The first kappa shape index (κ1) is 21.2. The van der Waals surface area contributed by atoms with Gasteiger partial charge in [0, 0.05) is 20.8 Å². The fourth-order valence-corrected chi connectivity index (χ4v) is 3.26. The summed E-state index contributed by atoms with van der Waals surface area (Å²) >= 11 is 0. The van der Waals surface area contributed by atoms with Crippen LogP contribution >= 0.6 is 0 Å². The number of ether oxygens (including phenoxy) is 4. The minimum atomic E-state index is -0.977. The number of carbonyl (C=O) groups is 3. The van der Waals surface area contributed by atoms with Crippen molar-refractivity contribution in [3.8, 4) is 0 Å². The first-order chi connectivity index (χ1) is 14.2. The molecule has 4 N–H and O–H groups in total. The van der Waals surface area contributed by atoms with E-state index in [1.54, 1.807) is 4.57 Å². The summed E-state index contributed by atoms with van der Waals surface area (Å²) in [5, 5.41) is 0. The number of esters is 3. The van der Waals surface area contributed by atoms with E-state index in [9.17, 15) is 14.4 Å². The third kappa shape index (κ3) is 4.56. The summed E-state index contributed by atoms with van der Waals surface area (Å²) in [5.41, 5.74) is 12.2. The highest BCUT2D eigenvalue weighted by Gasteiger charge is 2.49. The van der Waals surface area contributed by atoms with Crippen molar-refractivity contribution in [3.63, 3.8) is 0 Å². The highest BCUT2D eigenvalue weighted by molar-refractivity contribution is 5.82. The molecule has 0 amide bonds. The van der Waals surface area contributed by atoms with E-state index in [1.807, 2.05) is 0 Å². The second-order valence-electron chi connectivity index (χ2n) is 6.70. The summed E-state index contributed by atoms with van der Waals surface area (Å²) in [4.78, 5) is 46.7. The largest absolute Gasteiger partial charge is 0.463 e. The molecule has 1 unspecified atom stereocenters. The Bertz CT molecular complexity index is 977. The van der Waals surface area contributed by atoms with Gasteiger partial charge in [0.25, 0.3) is 0 Å². The van der Waals surface area contributed by atoms with Gasteiger partial charge in [-0.1, -0.05) is 0 Å². The van der Waals surface area contributed by atoms with Crippen LogP contribution in [0.25, 0.3) is 11.2 Å². The molecule has 1 fully saturated rings. The standard InChI is InChI=1S/C17H22N6O7/c1-7(24)27-5-11-14(29-9(3)26)13(28-8(2)25)10(30-11)4-23-6-20-12-15(18)21-17(19)22-16(12)23/h6,10-11,13-14H,4-5H2,1-3H3,(H4,18,19,21,22)/t10-,11+,13+,14?/m0/s1. The zero-order chi connectivity index (χ0) is 22.0. The molecule has 4 atom stereocenters. The lowest BCUT2D eigenvalue weighted by atomic mass is 10.1. The average molecular weight is 422 g/mol. The van der Waals surface area contributed by atoms with Gasteiger partial charge in [-0.3, -0.25) is 14.4 Å². The number of aromatic nitrogens is 4. The third-order valence-corrected chi connectivity index (χ3v) is 4.35. The molecule has 1 aliphatic rings. The molecule has 1 aliphatic heterocycles. The number of fused-ring (bicyclic) bond motifs is 1. The molecule has 30 heavy (non-hydrogen) atoms. The van der Waals surface area contributed by atoms with Crippen molar-refractivity contribution >= 4 is 40.8 Å². The molecule has 1 saturated heterocycles. The van der Waals surface area contributed by atoms with Crippen LogP contribution in [0.15, 0.2) is 6.33 Å². The van der Waals surface area contributed by atoms with Crippen LogP contribution in [0.5, 0.6) is 0 Å². The maximum Gasteiger partial charge on any atom is 0.303 e. The number of hydrogen-bond donors (Lipinski definition) is 2. The van der Waals surface area contributed by atoms with Crippen LogP contribution in [0.4, 0.5) is 11.8 Å². The topological polar surface area (TPSA) is 184 Å². The first-order valence-corrected chi connectivity index (χ1v) is 9.02. The van der Waals surface area contributed by atoms with E-state index in [1.165, 1.54) is 27.1 Å². The monoisotopic (exact) mass is 422 g/mol. The number of anilines is 2. The Balaban J connectivity index is 1.91. The van der Waals surface area contributed by atoms with Crippen LogP contribution in [0.3, 0.4) is 0 Å². The van der Waals surface area contributed by atoms with E-state index < -0.39 is 42.3 Å². The minimum absolute atomic E-state index is 0.0313. The molecule has 3 heterocycles. The summed E-state index contributed by atoms with van der Waals surface area (Å²) in [6, 6.07) is 0. The lowest BCUT2D eigenvalue weighted by Gasteiger charge is -2.23. The first-order valence-electron chi connectivity index (χ1n) is 9.02. The predicted molar refractivity (Wildman–Crippen MR) is 101 cm³/mol. The maximum absolute atomic E-state index is 11.7. The Hall–Kier alpha value is -3.48. The van der Waals surface area contributed by atoms with E-state index in [0.29, 0.717) is 11.2 Å². The number of carbonyl (C=O) groups excluding carboxylic acids is 3. The molecule has 0 aromatic carbocycles. The van der Waals surface area contributed by atoms with Gasteiger partial charge < -0.3 is 35.0 Å². The van der Waals surface area contributed by atoms with Crippen molar-refractivity contribution in [1.82, 2.24) is 19.5 Å². The third-order valence-electron chi connectivity index (χ3n) is 4.35. The maximum atomic E-state index is 11.7. The summed E-state index contributed by atoms with van der Waals surface area (Å²) < 4.78 is 23.3. The minimum Gasteiger partial charge on any atom is -0.463 e. The number of imidazole rings is 1. The molecule has 0 spiro atoms. The van der Waals surface area contributed by atoms with Crippen LogP contribution in [0.1, 0.15) is 20.8 Å². The normalized spacial score (nSPS) is 23.3. The van der Waals surface area contributed by atoms with Crippen LogP contribution < -0.4 is 11.5 Å². The summed E-state index contributed by atoms with van der Waals surface area (Å²) in [6.45, 7) is 3.60. The molecule has 2 aromatic heterocycles. The van der Waals surface area contributed by atoms with Crippen molar-refractivity contribution in [1.29, 1.82) is 0 Å². The Kier molecular flexibility index (Phi) is 6.01. The molecule has 13 nitrogen and oxygen atoms in total. The van der Waals surface area contributed by atoms with Gasteiger partial charge in [0.05, 0.1) is 12.9 Å². The van der Waals surface area contributed by atoms with E-state index in [-0.39, 0.29) is 24.9 Å². The smallest absolute Gasteiger partial charge is 0.303 e. The zero-order valence-electron chi connectivity index (χ0n) is 16.6. The highest BCUT2D eigenvalue weighted by atomic mass is 16.6. The molecular weight excluding hydrogens is 400 g/mol. The zero-order valence-corrected chi connectivity index (χ0v) is 16.6. The molecular formula is C17H22N6O7. The van der Waals surface area contributed by atoms with Crippen LogP contribution in [-0.4, -0.2) is 68.4 Å². The molecule has 0 bridgehead atoms. The lowest BCUT2D eigenvalue weighted by Crippen LogP contribution is -2.42. The molecule has 162 valence electrons. The molecule has 3 rings (SSSR count). The SMILES string of the molecule is CC(=O)OC[C@H]1O[C@@H](Cn2cnc3c(N)nc(N)nc32)[C@@H](OC(C)=O)C1OC(C)=O. The van der Waals surface area contributed by atoms with Gasteiger partial charge in [-0.2, -0.15) is 9.97 Å². The van der Waals surface area contributed by atoms with Crippen molar-refractivity contribution in [2.45, 2.75) is 51.7 Å². The van der Waals surface area contributed by atoms with Gasteiger partial charge in [0.1, 0.15) is 24.3 Å². The molecule has 0 radical (unpaired) electrons. The van der Waals surface area contributed by atoms with Gasteiger partial charge in [-0.15, -0.1) is 0 Å². The highest BCUT2D eigenvalue weighted by Crippen LogP contribution is 2.30. The molecule has 0 saturated carbocycles. The van der Waals surface area contributed by atoms with Crippen LogP contribution in [-0.2, 0) is 39.9 Å². The van der Waals surface area contributed by atoms with E-state index in [2.05, 4.69) is 15.0 Å². The Morgan fingerprint density at radius 3 is 2.27 bits per heavy atom. The molecule has 2 aromatic rings. The Morgan fingerprint density at radius 1 is 1.03 bits per heavy atom. The Labute approximate surface area is 170 Å². The van der Waals surface area contributed by atoms with Crippen molar-refractivity contribution in [2.75, 3.05) is 18.1 Å². The Morgan fingerprint density at radius 2 is 1.67 bits per heavy atom. The fourth-order valence-electron chi connectivity index (χ4n) is 3.26. The van der Waals surface area contributed by atoms with Gasteiger partial charge in [-0.05, 0) is 0 Å². The second kappa shape index (κ2) is 8.49. The van der Waals surface area contributed by atoms with Crippen molar-refractivity contribution in [2.24, 2.45) is 0 Å². The summed E-state index contributed by atoms with van der Waals surface area (Å²) in [5.74, 6) is -1.64. The number of rotatable bonds is 6. The van der Waals surface area contributed by atoms with Crippen molar-refractivity contribution < 1.29 is 33.3 Å². The van der Waals surface area contributed by atoms with Gasteiger partial charge in [-0.25, -0.2) is 4.98 Å². The van der Waals surface area contributed by atoms with Gasteiger partial charge in [0.2, 0.25) is 5.95 Å². The number of nitrogens with zero attached hydrogens (tertiary/aromatic N) is 4. The predicted octanol–water partition coefficient (Wildman–Crippen LogP) is -0.815. The van der Waals surface area contributed by atoms with Crippen LogP contribution in [0.2, 0.25) is 0 Å². The van der Waals surface area contributed by atoms with E-state index >= 15 is 0 Å². The summed E-state index contributed by atoms with van der Waals surface area (Å²) in [7, 11) is 0. The average Bonchev–Trinajstić information content (AvgIpc) is 3.16. The fraction of sp³-hybridized carbons (Fsp3) is 0.529. The second-order valence-corrected chi connectivity index (χ2v) is 6.70. The number of nitrogen functional groups attached to an aromatic ring is 2. The van der Waals surface area contributed by atoms with E-state index in [4.69, 9.17) is 30.4 Å². The number of nitrogens with two attached hydrogens (primary N) is 2. The molecule has 0 aliphatic carbocycles. The van der Waals surface area contributed by atoms with Crippen LogP contribution in [0, 0.1) is 0 Å². The van der Waals surface area contributed by atoms with E-state index in [0.717, 1.165) is 0 Å². The molecule has 13 heteroatoms. The van der Waals surface area contributed by atoms with Crippen molar-refractivity contribution in [3.05, 3.63) is 6.33 Å². The van der Waals surface area contributed by atoms with Gasteiger partial charge >= 0.3 is 17.9 Å². The quantitative estimate of drug-likeness (QED) is 0.436. The number of hydrogen-bond acceptors (Lipinski definition) is 12.